The fraction of sp³-hybridized carbons (Fsp3) is 0.421. The van der Waals surface area contributed by atoms with Crippen LogP contribution in [0.3, 0.4) is 0 Å². The van der Waals surface area contributed by atoms with Crippen molar-refractivity contribution < 1.29 is 4.79 Å². The Hall–Kier alpha value is -1.83. The molecule has 112 valence electrons. The zero-order valence-corrected chi connectivity index (χ0v) is 13.4. The fourth-order valence-electron chi connectivity index (χ4n) is 2.64. The molecule has 0 unspecified atom stereocenters. The number of carbonyl (C=O) groups excluding carboxylic acids is 1. The normalized spacial score (nSPS) is 17.3. The average molecular weight is 283 g/mol. The van der Waals surface area contributed by atoms with Crippen molar-refractivity contribution in [2.75, 3.05) is 13.1 Å². The summed E-state index contributed by atoms with van der Waals surface area (Å²) in [5, 5.41) is 0. The van der Waals surface area contributed by atoms with Crippen molar-refractivity contribution in [2.24, 2.45) is 0 Å². The van der Waals surface area contributed by atoms with E-state index in [9.17, 15) is 4.79 Å². The van der Waals surface area contributed by atoms with Gasteiger partial charge in [-0.15, -0.1) is 0 Å². The monoisotopic (exact) mass is 283 g/mol. The minimum atomic E-state index is 0.250. The zero-order valence-electron chi connectivity index (χ0n) is 13.4. The minimum absolute atomic E-state index is 0.250. The van der Waals surface area contributed by atoms with Crippen molar-refractivity contribution in [3.63, 3.8) is 0 Å². The van der Waals surface area contributed by atoms with Gasteiger partial charge >= 0.3 is 0 Å². The van der Waals surface area contributed by atoms with Crippen molar-refractivity contribution in [1.82, 2.24) is 4.90 Å². The molecule has 0 aromatic heterocycles. The largest absolute Gasteiger partial charge is 0.377 e. The molecule has 0 atom stereocenters. The maximum atomic E-state index is 10.6. The third-order valence-corrected chi connectivity index (χ3v) is 4.28. The molecule has 2 nitrogen and oxygen atoms in total. The number of rotatable bonds is 1. The van der Waals surface area contributed by atoms with Crippen LogP contribution in [0.4, 0.5) is 0 Å². The summed E-state index contributed by atoms with van der Waals surface area (Å²) in [6.07, 6.45) is 6.51. The van der Waals surface area contributed by atoms with Gasteiger partial charge in [-0.25, -0.2) is 0 Å². The molecular formula is C19H25NO. The van der Waals surface area contributed by atoms with Gasteiger partial charge in [0.1, 0.15) is 0 Å². The molecular weight excluding hydrogens is 258 g/mol. The number of benzene rings is 1. The Balaban J connectivity index is 0.000000161. The van der Waals surface area contributed by atoms with Crippen LogP contribution in [0.15, 0.2) is 47.7 Å². The zero-order chi connectivity index (χ0) is 15.2. The summed E-state index contributed by atoms with van der Waals surface area (Å²) >= 11 is 0. The first-order valence-electron chi connectivity index (χ1n) is 7.77. The first-order valence-corrected chi connectivity index (χ1v) is 7.77. The van der Waals surface area contributed by atoms with Crippen LogP contribution in [0.5, 0.6) is 0 Å². The van der Waals surface area contributed by atoms with Crippen molar-refractivity contribution >= 4 is 5.78 Å². The summed E-state index contributed by atoms with van der Waals surface area (Å²) in [4.78, 5) is 12.7. The molecule has 0 fully saturated rings. The van der Waals surface area contributed by atoms with Gasteiger partial charge in [-0.1, -0.05) is 35.4 Å². The second kappa shape index (κ2) is 7.26. The van der Waals surface area contributed by atoms with E-state index in [2.05, 4.69) is 49.9 Å². The maximum absolute atomic E-state index is 10.6. The smallest absolute Gasteiger partial charge is 0.158 e. The van der Waals surface area contributed by atoms with Gasteiger partial charge in [-0.2, -0.15) is 0 Å². The molecule has 0 bridgehead atoms. The highest BCUT2D eigenvalue weighted by Gasteiger charge is 2.10. The number of nitrogens with zero attached hydrogens (tertiary/aromatic N) is 1. The van der Waals surface area contributed by atoms with E-state index in [1.54, 1.807) is 17.2 Å². The molecule has 1 aliphatic carbocycles. The molecule has 0 N–H and O–H groups in total. The van der Waals surface area contributed by atoms with Crippen molar-refractivity contribution in [3.8, 4) is 0 Å². The summed E-state index contributed by atoms with van der Waals surface area (Å²) in [6.45, 7) is 8.46. The summed E-state index contributed by atoms with van der Waals surface area (Å²) in [7, 11) is 0. The molecule has 3 rings (SSSR count). The van der Waals surface area contributed by atoms with Crippen LogP contribution >= 0.6 is 0 Å². The number of ketones is 1. The lowest BCUT2D eigenvalue weighted by atomic mass is 9.88. The van der Waals surface area contributed by atoms with Gasteiger partial charge < -0.3 is 4.90 Å². The highest BCUT2D eigenvalue weighted by Crippen LogP contribution is 2.24. The Morgan fingerprint density at radius 1 is 1.05 bits per heavy atom. The molecule has 1 aromatic rings. The number of fused-ring (bicyclic) bond motifs is 1. The molecule has 2 heteroatoms. The van der Waals surface area contributed by atoms with Crippen LogP contribution in [0.2, 0.25) is 0 Å². The topological polar surface area (TPSA) is 20.3 Å². The first kappa shape index (κ1) is 15.6. The van der Waals surface area contributed by atoms with E-state index in [1.807, 2.05) is 6.20 Å². The fourth-order valence-corrected chi connectivity index (χ4v) is 2.64. The Bertz CT molecular complexity index is 536. The van der Waals surface area contributed by atoms with Gasteiger partial charge in [-0.05, 0) is 50.8 Å². The molecule has 21 heavy (non-hydrogen) atoms. The second-order valence-electron chi connectivity index (χ2n) is 5.84. The second-order valence-corrected chi connectivity index (χ2v) is 5.84. The number of allylic oxidation sites excluding steroid dienone is 3. The van der Waals surface area contributed by atoms with E-state index in [4.69, 9.17) is 0 Å². The lowest BCUT2D eigenvalue weighted by molar-refractivity contribution is -0.115. The van der Waals surface area contributed by atoms with Gasteiger partial charge in [0.15, 0.2) is 5.78 Å². The van der Waals surface area contributed by atoms with Crippen LogP contribution in [0.1, 0.15) is 38.3 Å². The number of carbonyl (C=O) groups is 1. The summed E-state index contributed by atoms with van der Waals surface area (Å²) in [5.74, 6) is 0.250. The third kappa shape index (κ3) is 4.32. The van der Waals surface area contributed by atoms with Crippen LogP contribution in [-0.4, -0.2) is 23.8 Å². The quantitative estimate of drug-likeness (QED) is 0.728. The molecule has 0 radical (unpaired) electrons. The van der Waals surface area contributed by atoms with Crippen LogP contribution in [0.25, 0.3) is 0 Å². The number of hydrogen-bond donors (Lipinski definition) is 0. The Kier molecular flexibility index (Phi) is 5.38. The molecule has 1 aromatic carbocycles. The summed E-state index contributed by atoms with van der Waals surface area (Å²) < 4.78 is 0. The van der Waals surface area contributed by atoms with E-state index in [-0.39, 0.29) is 5.78 Å². The van der Waals surface area contributed by atoms with E-state index in [1.165, 1.54) is 11.1 Å². The van der Waals surface area contributed by atoms with Crippen LogP contribution in [-0.2, 0) is 17.6 Å². The third-order valence-electron chi connectivity index (χ3n) is 4.28. The van der Waals surface area contributed by atoms with E-state index < -0.39 is 0 Å². The molecule has 1 aliphatic heterocycles. The Morgan fingerprint density at radius 2 is 1.62 bits per heavy atom. The molecule has 0 saturated carbocycles. The predicted molar refractivity (Wildman–Crippen MR) is 88.2 cm³/mol. The molecule has 0 saturated heterocycles. The van der Waals surface area contributed by atoms with Gasteiger partial charge in [-0.3, -0.25) is 4.79 Å². The van der Waals surface area contributed by atoms with Crippen molar-refractivity contribution in [3.05, 3.63) is 58.8 Å². The van der Waals surface area contributed by atoms with Crippen LogP contribution < -0.4 is 0 Å². The van der Waals surface area contributed by atoms with E-state index in [0.717, 1.165) is 25.9 Å². The predicted octanol–water partition coefficient (Wildman–Crippen LogP) is 3.92. The van der Waals surface area contributed by atoms with Crippen LogP contribution in [0, 0.1) is 0 Å². The van der Waals surface area contributed by atoms with Gasteiger partial charge in [0, 0.05) is 25.7 Å². The SMILES string of the molecule is CC1=C(C)Cc2ccccc2C1.CCN1C=CC(=O)CC1. The van der Waals surface area contributed by atoms with E-state index >= 15 is 0 Å². The van der Waals surface area contributed by atoms with Crippen molar-refractivity contribution in [1.29, 1.82) is 0 Å². The minimum Gasteiger partial charge on any atom is -0.377 e. The molecule has 2 aliphatic rings. The summed E-state index contributed by atoms with van der Waals surface area (Å²) in [6, 6.07) is 8.75. The Morgan fingerprint density at radius 3 is 2.05 bits per heavy atom. The molecule has 0 amide bonds. The molecule has 0 spiro atoms. The van der Waals surface area contributed by atoms with E-state index in [0.29, 0.717) is 6.42 Å². The highest BCUT2D eigenvalue weighted by atomic mass is 16.1. The lowest BCUT2D eigenvalue weighted by Gasteiger charge is -2.19. The number of hydrogen-bond acceptors (Lipinski definition) is 2. The lowest BCUT2D eigenvalue weighted by Crippen LogP contribution is -2.23. The van der Waals surface area contributed by atoms with Gasteiger partial charge in [0.05, 0.1) is 0 Å². The average Bonchev–Trinajstić information content (AvgIpc) is 2.50. The maximum Gasteiger partial charge on any atom is 0.158 e. The summed E-state index contributed by atoms with van der Waals surface area (Å²) in [5.41, 5.74) is 6.13. The standard InChI is InChI=1S/C12H14.C7H11NO/c1-9-7-11-5-3-4-6-12(11)8-10(9)2;1-2-8-5-3-7(9)4-6-8/h3-6H,7-8H2,1-2H3;3,5H,2,4,6H2,1H3. The van der Waals surface area contributed by atoms with Gasteiger partial charge in [0.2, 0.25) is 0 Å². The van der Waals surface area contributed by atoms with Gasteiger partial charge in [0.25, 0.3) is 0 Å². The Labute approximate surface area is 128 Å². The molecule has 1 heterocycles. The van der Waals surface area contributed by atoms with Crippen molar-refractivity contribution in [2.45, 2.75) is 40.0 Å². The first-order chi connectivity index (χ1) is 10.1. The highest BCUT2D eigenvalue weighted by molar-refractivity contribution is 5.90.